The molecule has 0 fully saturated rings. The van der Waals surface area contributed by atoms with Crippen LogP contribution in [0.3, 0.4) is 0 Å². The van der Waals surface area contributed by atoms with E-state index in [1.807, 2.05) is 11.6 Å². The minimum atomic E-state index is 0.284. The van der Waals surface area contributed by atoms with Crippen LogP contribution in [0.25, 0.3) is 10.2 Å². The molecule has 0 amide bonds. The molecule has 0 spiro atoms. The molecule has 126 valence electrons. The van der Waals surface area contributed by atoms with E-state index in [-0.39, 0.29) is 6.04 Å². The van der Waals surface area contributed by atoms with Crippen molar-refractivity contribution in [3.8, 4) is 0 Å². The number of thiophene rings is 1. The van der Waals surface area contributed by atoms with Gasteiger partial charge in [-0.1, -0.05) is 0 Å². The molecule has 0 aliphatic carbocycles. The van der Waals surface area contributed by atoms with Gasteiger partial charge in [0, 0.05) is 19.6 Å². The number of aromatic nitrogens is 5. The fraction of sp³-hybridized carbons (Fsp3) is 0.500. The molecule has 1 aliphatic rings. The highest BCUT2D eigenvalue weighted by Gasteiger charge is 2.23. The molecule has 8 heteroatoms. The number of rotatable bonds is 4. The summed E-state index contributed by atoms with van der Waals surface area (Å²) in [5.74, 6) is 3.52. The van der Waals surface area contributed by atoms with Crippen molar-refractivity contribution in [3.05, 3.63) is 28.4 Å². The number of ether oxygens (including phenoxy) is 1. The summed E-state index contributed by atoms with van der Waals surface area (Å²) in [5, 5.41) is 11.4. The predicted octanol–water partition coefficient (Wildman–Crippen LogP) is 2.47. The van der Waals surface area contributed by atoms with Crippen LogP contribution in [0.1, 0.15) is 29.5 Å². The maximum absolute atomic E-state index is 5.12. The number of methoxy groups -OCH3 is 1. The third-order valence-electron chi connectivity index (χ3n) is 4.25. The minimum absolute atomic E-state index is 0.284. The summed E-state index contributed by atoms with van der Waals surface area (Å²) in [6.45, 7) is 5.29. The Morgan fingerprint density at radius 3 is 3.04 bits per heavy atom. The second kappa shape index (κ2) is 6.10. The zero-order valence-electron chi connectivity index (χ0n) is 14.0. The average Bonchev–Trinajstić information content (AvgIpc) is 3.10. The van der Waals surface area contributed by atoms with Gasteiger partial charge in [-0.15, -0.1) is 11.3 Å². The summed E-state index contributed by atoms with van der Waals surface area (Å²) >= 11 is 1.67. The molecule has 3 aromatic heterocycles. The Balaban J connectivity index is 1.59. The molecule has 4 heterocycles. The van der Waals surface area contributed by atoms with Gasteiger partial charge in [0.05, 0.1) is 11.9 Å². The van der Waals surface area contributed by atoms with Gasteiger partial charge in [0.1, 0.15) is 28.9 Å². The normalized spacial score (nSPS) is 17.2. The molecule has 0 aromatic carbocycles. The minimum Gasteiger partial charge on any atom is -0.377 e. The summed E-state index contributed by atoms with van der Waals surface area (Å²) < 4.78 is 7.11. The van der Waals surface area contributed by atoms with Gasteiger partial charge >= 0.3 is 0 Å². The van der Waals surface area contributed by atoms with E-state index in [1.54, 1.807) is 18.4 Å². The fourth-order valence-electron chi connectivity index (χ4n) is 3.16. The molecule has 1 N–H and O–H groups in total. The molecule has 0 saturated carbocycles. The summed E-state index contributed by atoms with van der Waals surface area (Å²) in [4.78, 5) is 14.7. The molecule has 0 radical (unpaired) electrons. The van der Waals surface area contributed by atoms with E-state index in [4.69, 9.17) is 4.74 Å². The highest BCUT2D eigenvalue weighted by molar-refractivity contribution is 7.17. The number of nitrogens with zero attached hydrogens (tertiary/aromatic N) is 5. The zero-order valence-corrected chi connectivity index (χ0v) is 14.9. The first-order valence-corrected chi connectivity index (χ1v) is 8.92. The number of nitrogens with one attached hydrogen (secondary N) is 1. The lowest BCUT2D eigenvalue weighted by Gasteiger charge is -2.24. The Bertz CT molecular complexity index is 886. The number of anilines is 1. The topological polar surface area (TPSA) is 77.8 Å². The van der Waals surface area contributed by atoms with Crippen LogP contribution in [0.2, 0.25) is 0 Å². The standard InChI is InChI=1S/C16H20N6OS/c1-9-8-24-16-14(9)15(17-10(2)18-16)19-11-4-5-13-20-12(7-23-3)21-22(13)6-11/h8,11H,4-7H2,1-3H3,(H,17,18,19). The molecule has 3 aromatic rings. The quantitative estimate of drug-likeness (QED) is 0.783. The van der Waals surface area contributed by atoms with Crippen LogP contribution in [0, 0.1) is 13.8 Å². The highest BCUT2D eigenvalue weighted by Crippen LogP contribution is 2.30. The summed E-state index contributed by atoms with van der Waals surface area (Å²) in [6.07, 6.45) is 1.92. The van der Waals surface area contributed by atoms with E-state index in [0.29, 0.717) is 6.61 Å². The van der Waals surface area contributed by atoms with Crippen LogP contribution in [-0.2, 0) is 24.3 Å². The van der Waals surface area contributed by atoms with Gasteiger partial charge in [-0.25, -0.2) is 19.6 Å². The van der Waals surface area contributed by atoms with Crippen molar-refractivity contribution in [2.75, 3.05) is 12.4 Å². The van der Waals surface area contributed by atoms with Crippen molar-refractivity contribution < 1.29 is 4.74 Å². The molecule has 1 atom stereocenters. The van der Waals surface area contributed by atoms with Gasteiger partial charge in [0.2, 0.25) is 0 Å². The van der Waals surface area contributed by atoms with Crippen molar-refractivity contribution in [3.63, 3.8) is 0 Å². The third kappa shape index (κ3) is 2.76. The van der Waals surface area contributed by atoms with Crippen LogP contribution >= 0.6 is 11.3 Å². The maximum atomic E-state index is 5.12. The summed E-state index contributed by atoms with van der Waals surface area (Å²) in [5.41, 5.74) is 1.22. The Morgan fingerprint density at radius 1 is 1.33 bits per heavy atom. The number of aryl methyl sites for hydroxylation is 3. The van der Waals surface area contributed by atoms with Crippen LogP contribution in [0.5, 0.6) is 0 Å². The lowest BCUT2D eigenvalue weighted by atomic mass is 10.1. The van der Waals surface area contributed by atoms with E-state index in [9.17, 15) is 0 Å². The van der Waals surface area contributed by atoms with Crippen molar-refractivity contribution in [1.82, 2.24) is 24.7 Å². The lowest BCUT2D eigenvalue weighted by molar-refractivity contribution is 0.177. The number of fused-ring (bicyclic) bond motifs is 2. The largest absolute Gasteiger partial charge is 0.377 e. The molecular formula is C16H20N6OS. The van der Waals surface area contributed by atoms with Crippen molar-refractivity contribution in [1.29, 1.82) is 0 Å². The fourth-order valence-corrected chi connectivity index (χ4v) is 4.12. The van der Waals surface area contributed by atoms with Crippen LogP contribution < -0.4 is 5.32 Å². The maximum Gasteiger partial charge on any atom is 0.176 e. The van der Waals surface area contributed by atoms with E-state index in [2.05, 4.69) is 37.7 Å². The SMILES string of the molecule is COCc1nc2n(n1)CC(Nc1nc(C)nc3scc(C)c13)CC2. The van der Waals surface area contributed by atoms with Crippen molar-refractivity contribution in [2.45, 2.75) is 45.9 Å². The zero-order chi connectivity index (χ0) is 16.7. The van der Waals surface area contributed by atoms with E-state index in [1.165, 1.54) is 5.56 Å². The van der Waals surface area contributed by atoms with Gasteiger partial charge in [0.25, 0.3) is 0 Å². The van der Waals surface area contributed by atoms with Gasteiger partial charge < -0.3 is 10.1 Å². The monoisotopic (exact) mass is 344 g/mol. The first kappa shape index (κ1) is 15.5. The Hall–Kier alpha value is -2.06. The molecule has 4 rings (SSSR count). The highest BCUT2D eigenvalue weighted by atomic mass is 32.1. The average molecular weight is 344 g/mol. The van der Waals surface area contributed by atoms with E-state index >= 15 is 0 Å². The molecule has 1 unspecified atom stereocenters. The Labute approximate surface area is 144 Å². The Kier molecular flexibility index (Phi) is 3.93. The molecule has 0 saturated heterocycles. The van der Waals surface area contributed by atoms with E-state index < -0.39 is 0 Å². The van der Waals surface area contributed by atoms with Gasteiger partial charge in [-0.3, -0.25) is 0 Å². The number of hydrogen-bond donors (Lipinski definition) is 1. The second-order valence-corrected chi connectivity index (χ2v) is 7.02. The summed E-state index contributed by atoms with van der Waals surface area (Å²) in [6, 6.07) is 0.284. The molecule has 7 nitrogen and oxygen atoms in total. The second-order valence-electron chi connectivity index (χ2n) is 6.16. The smallest absolute Gasteiger partial charge is 0.176 e. The van der Waals surface area contributed by atoms with Crippen LogP contribution in [-0.4, -0.2) is 37.9 Å². The van der Waals surface area contributed by atoms with Gasteiger partial charge in [0.15, 0.2) is 5.82 Å². The third-order valence-corrected chi connectivity index (χ3v) is 5.24. The van der Waals surface area contributed by atoms with Gasteiger partial charge in [-0.2, -0.15) is 5.10 Å². The molecule has 24 heavy (non-hydrogen) atoms. The van der Waals surface area contributed by atoms with Crippen LogP contribution in [0.15, 0.2) is 5.38 Å². The van der Waals surface area contributed by atoms with E-state index in [0.717, 1.165) is 52.9 Å². The lowest BCUT2D eigenvalue weighted by Crippen LogP contribution is -2.32. The van der Waals surface area contributed by atoms with Crippen LogP contribution in [0.4, 0.5) is 5.82 Å². The van der Waals surface area contributed by atoms with Crippen molar-refractivity contribution in [2.24, 2.45) is 0 Å². The van der Waals surface area contributed by atoms with Crippen molar-refractivity contribution >= 4 is 27.4 Å². The first-order chi connectivity index (χ1) is 11.6. The predicted molar refractivity (Wildman–Crippen MR) is 93.4 cm³/mol. The number of hydrogen-bond acceptors (Lipinski definition) is 7. The molecule has 0 bridgehead atoms. The molecular weight excluding hydrogens is 324 g/mol. The summed E-state index contributed by atoms with van der Waals surface area (Å²) in [7, 11) is 1.66. The first-order valence-electron chi connectivity index (χ1n) is 8.04. The Morgan fingerprint density at radius 2 is 2.21 bits per heavy atom. The molecule has 1 aliphatic heterocycles. The van der Waals surface area contributed by atoms with Gasteiger partial charge in [-0.05, 0) is 31.2 Å².